The zero-order chi connectivity index (χ0) is 14.3. The number of benzene rings is 2. The fourth-order valence-corrected chi connectivity index (χ4v) is 2.33. The van der Waals surface area contributed by atoms with Crippen molar-refractivity contribution in [2.24, 2.45) is 0 Å². The predicted molar refractivity (Wildman–Crippen MR) is 65.7 cm³/mol. The number of ether oxygens (including phenoxy) is 1. The summed E-state index contributed by atoms with van der Waals surface area (Å²) in [6.45, 7) is 0. The van der Waals surface area contributed by atoms with E-state index in [1.165, 1.54) is 24.3 Å². The monoisotopic (exact) mass is 280 g/mol. The summed E-state index contributed by atoms with van der Waals surface area (Å²) < 4.78 is 44.9. The largest absolute Gasteiger partial charge is 0.485 e. The first kappa shape index (κ1) is 13.0. The molecule has 0 aromatic heterocycles. The van der Waals surface area contributed by atoms with Crippen LogP contribution in [0.25, 0.3) is 0 Å². The molecule has 5 heteroatoms. The lowest BCUT2D eigenvalue weighted by atomic mass is 9.95. The van der Waals surface area contributed by atoms with Gasteiger partial charge >= 0.3 is 0 Å². The number of halogens is 3. The number of hydrogen-bond donors (Lipinski definition) is 1. The number of fused-ring (bicyclic) bond motifs is 1. The van der Waals surface area contributed by atoms with Gasteiger partial charge in [-0.25, -0.2) is 13.2 Å². The molecule has 0 amide bonds. The van der Waals surface area contributed by atoms with Gasteiger partial charge in [0.25, 0.3) is 0 Å². The normalized spacial score (nSPS) is 21.2. The quantitative estimate of drug-likeness (QED) is 0.863. The minimum Gasteiger partial charge on any atom is -0.485 e. The summed E-state index contributed by atoms with van der Waals surface area (Å²) in [5, 5.41) is 10.0. The third kappa shape index (κ3) is 2.25. The SMILES string of the molecule is O[C@H]1CC(c2ccc(F)c(F)c2)Oc2ccc(F)cc21. The molecule has 3 rings (SSSR count). The maximum absolute atomic E-state index is 13.2. The Morgan fingerprint density at radius 1 is 1.00 bits per heavy atom. The maximum atomic E-state index is 13.2. The first-order chi connectivity index (χ1) is 9.54. The topological polar surface area (TPSA) is 29.5 Å². The molecule has 0 saturated carbocycles. The molecule has 2 nitrogen and oxygen atoms in total. The standard InChI is InChI=1S/C15H11F3O2/c16-9-2-4-14-10(6-9)13(19)7-15(20-14)8-1-3-11(17)12(18)5-8/h1-6,13,15,19H,7H2/t13-,15?/m0/s1. The first-order valence-electron chi connectivity index (χ1n) is 6.13. The molecule has 0 spiro atoms. The fraction of sp³-hybridized carbons (Fsp3) is 0.200. The Bertz CT molecular complexity index is 658. The molecule has 0 aliphatic carbocycles. The smallest absolute Gasteiger partial charge is 0.159 e. The highest BCUT2D eigenvalue weighted by molar-refractivity contribution is 5.39. The third-order valence-electron chi connectivity index (χ3n) is 3.35. The lowest BCUT2D eigenvalue weighted by molar-refractivity contribution is 0.0651. The third-order valence-corrected chi connectivity index (χ3v) is 3.35. The molecule has 0 saturated heterocycles. The van der Waals surface area contributed by atoms with Crippen LogP contribution >= 0.6 is 0 Å². The van der Waals surface area contributed by atoms with E-state index < -0.39 is 29.7 Å². The molecule has 1 aliphatic heterocycles. The summed E-state index contributed by atoms with van der Waals surface area (Å²) in [4.78, 5) is 0. The average Bonchev–Trinajstić information content (AvgIpc) is 2.42. The molecule has 0 fully saturated rings. The zero-order valence-corrected chi connectivity index (χ0v) is 10.3. The van der Waals surface area contributed by atoms with E-state index in [2.05, 4.69) is 0 Å². The molecule has 104 valence electrons. The number of hydrogen-bond acceptors (Lipinski definition) is 2. The van der Waals surface area contributed by atoms with Gasteiger partial charge in [-0.15, -0.1) is 0 Å². The van der Waals surface area contributed by atoms with Crippen molar-refractivity contribution in [1.82, 2.24) is 0 Å². The maximum Gasteiger partial charge on any atom is 0.159 e. The van der Waals surface area contributed by atoms with Crippen LogP contribution in [0.3, 0.4) is 0 Å². The second-order valence-electron chi connectivity index (χ2n) is 4.71. The van der Waals surface area contributed by atoms with Gasteiger partial charge in [0, 0.05) is 12.0 Å². The molecule has 0 radical (unpaired) electrons. The molecular formula is C15H11F3O2. The highest BCUT2D eigenvalue weighted by atomic mass is 19.2. The number of aliphatic hydroxyl groups is 1. The number of aliphatic hydroxyl groups excluding tert-OH is 1. The van der Waals surface area contributed by atoms with Gasteiger partial charge in [-0.3, -0.25) is 0 Å². The van der Waals surface area contributed by atoms with Gasteiger partial charge < -0.3 is 9.84 Å². The summed E-state index contributed by atoms with van der Waals surface area (Å²) >= 11 is 0. The minimum atomic E-state index is -0.967. The second kappa shape index (κ2) is 4.83. The second-order valence-corrected chi connectivity index (χ2v) is 4.71. The van der Waals surface area contributed by atoms with E-state index in [0.29, 0.717) is 16.9 Å². The van der Waals surface area contributed by atoms with Crippen molar-refractivity contribution >= 4 is 0 Å². The van der Waals surface area contributed by atoms with Crippen molar-refractivity contribution in [3.05, 3.63) is 65.0 Å². The lowest BCUT2D eigenvalue weighted by Crippen LogP contribution is -2.19. The van der Waals surface area contributed by atoms with Crippen molar-refractivity contribution in [2.45, 2.75) is 18.6 Å². The predicted octanol–water partition coefficient (Wildman–Crippen LogP) is 3.66. The van der Waals surface area contributed by atoms with E-state index in [0.717, 1.165) is 12.1 Å². The molecule has 0 bridgehead atoms. The minimum absolute atomic E-state index is 0.154. The van der Waals surface area contributed by atoms with Crippen LogP contribution in [0.4, 0.5) is 13.2 Å². The average molecular weight is 280 g/mol. The van der Waals surface area contributed by atoms with E-state index >= 15 is 0 Å². The molecule has 20 heavy (non-hydrogen) atoms. The van der Waals surface area contributed by atoms with Crippen LogP contribution in [-0.4, -0.2) is 5.11 Å². The van der Waals surface area contributed by atoms with Crippen LogP contribution < -0.4 is 4.74 Å². The van der Waals surface area contributed by atoms with Crippen molar-refractivity contribution in [2.75, 3.05) is 0 Å². The van der Waals surface area contributed by atoms with Gasteiger partial charge in [-0.1, -0.05) is 6.07 Å². The van der Waals surface area contributed by atoms with Crippen LogP contribution in [0.15, 0.2) is 36.4 Å². The van der Waals surface area contributed by atoms with Crippen LogP contribution in [-0.2, 0) is 0 Å². The summed E-state index contributed by atoms with van der Waals surface area (Å²) in [7, 11) is 0. The van der Waals surface area contributed by atoms with E-state index in [-0.39, 0.29) is 6.42 Å². The summed E-state index contributed by atoms with van der Waals surface area (Å²) in [6, 6.07) is 7.31. The molecule has 2 aromatic rings. The van der Waals surface area contributed by atoms with E-state index in [1.807, 2.05) is 0 Å². The Hall–Kier alpha value is -2.01. The fourth-order valence-electron chi connectivity index (χ4n) is 2.33. The number of rotatable bonds is 1. The Morgan fingerprint density at radius 3 is 2.55 bits per heavy atom. The molecule has 1 N–H and O–H groups in total. The molecule has 2 atom stereocenters. The molecule has 2 aromatic carbocycles. The highest BCUT2D eigenvalue weighted by Gasteiger charge is 2.28. The Kier molecular flexibility index (Phi) is 3.14. The molecule has 1 heterocycles. The molecular weight excluding hydrogens is 269 g/mol. The van der Waals surface area contributed by atoms with Gasteiger partial charge in [-0.2, -0.15) is 0 Å². The van der Waals surface area contributed by atoms with E-state index in [9.17, 15) is 18.3 Å². The molecule has 1 aliphatic rings. The van der Waals surface area contributed by atoms with Crippen LogP contribution in [0.1, 0.15) is 29.8 Å². The van der Waals surface area contributed by atoms with E-state index in [4.69, 9.17) is 4.74 Å². The zero-order valence-electron chi connectivity index (χ0n) is 10.3. The van der Waals surface area contributed by atoms with Gasteiger partial charge in [0.2, 0.25) is 0 Å². The van der Waals surface area contributed by atoms with Gasteiger partial charge in [0.15, 0.2) is 11.6 Å². The van der Waals surface area contributed by atoms with Crippen LogP contribution in [0.5, 0.6) is 5.75 Å². The lowest BCUT2D eigenvalue weighted by Gasteiger charge is -2.30. The van der Waals surface area contributed by atoms with Crippen molar-refractivity contribution in [3.63, 3.8) is 0 Å². The Morgan fingerprint density at radius 2 is 1.80 bits per heavy atom. The van der Waals surface area contributed by atoms with Gasteiger partial charge in [0.1, 0.15) is 17.7 Å². The van der Waals surface area contributed by atoms with Crippen molar-refractivity contribution < 1.29 is 23.0 Å². The molecule has 1 unspecified atom stereocenters. The van der Waals surface area contributed by atoms with Gasteiger partial charge in [0.05, 0.1) is 6.10 Å². The Balaban J connectivity index is 1.94. The summed E-state index contributed by atoms with van der Waals surface area (Å²) in [6.07, 6.45) is -1.35. The van der Waals surface area contributed by atoms with Crippen molar-refractivity contribution in [1.29, 1.82) is 0 Å². The van der Waals surface area contributed by atoms with E-state index in [1.54, 1.807) is 0 Å². The summed E-state index contributed by atoms with van der Waals surface area (Å²) in [5.74, 6) is -2.02. The van der Waals surface area contributed by atoms with Gasteiger partial charge in [-0.05, 0) is 35.9 Å². The highest BCUT2D eigenvalue weighted by Crippen LogP contribution is 2.41. The van der Waals surface area contributed by atoms with Crippen LogP contribution in [0, 0.1) is 17.5 Å². The van der Waals surface area contributed by atoms with Crippen molar-refractivity contribution in [3.8, 4) is 5.75 Å². The Labute approximate surface area is 113 Å². The van der Waals surface area contributed by atoms with Crippen LogP contribution in [0.2, 0.25) is 0 Å². The first-order valence-corrected chi connectivity index (χ1v) is 6.13. The summed E-state index contributed by atoms with van der Waals surface area (Å²) in [5.41, 5.74) is 0.793.